The Bertz CT molecular complexity index is 1350. The van der Waals surface area contributed by atoms with Gasteiger partial charge in [-0.1, -0.05) is 24.1 Å². The van der Waals surface area contributed by atoms with Gasteiger partial charge in [-0.25, -0.2) is 9.97 Å². The Labute approximate surface area is 198 Å². The molecule has 3 heterocycles. The molecule has 170 valence electrons. The lowest BCUT2D eigenvalue weighted by atomic mass is 10.0. The van der Waals surface area contributed by atoms with E-state index in [0.29, 0.717) is 6.54 Å². The lowest BCUT2D eigenvalue weighted by molar-refractivity contribution is -0.116. The van der Waals surface area contributed by atoms with Gasteiger partial charge in [-0.2, -0.15) is 0 Å². The summed E-state index contributed by atoms with van der Waals surface area (Å²) in [4.78, 5) is 26.9. The lowest BCUT2D eigenvalue weighted by Gasteiger charge is -2.33. The number of aromatic amines is 1. The number of carbonyl (C=O) groups excluding carboxylic acids is 1. The molecule has 7 nitrogen and oxygen atoms in total. The maximum absolute atomic E-state index is 12.0. The van der Waals surface area contributed by atoms with Crippen LogP contribution in [0.2, 0.25) is 0 Å². The highest BCUT2D eigenvalue weighted by molar-refractivity contribution is 5.93. The van der Waals surface area contributed by atoms with Crippen molar-refractivity contribution in [3.05, 3.63) is 67.0 Å². The van der Waals surface area contributed by atoms with Crippen LogP contribution in [0.4, 0.5) is 5.82 Å². The summed E-state index contributed by atoms with van der Waals surface area (Å²) in [5.74, 6) is 7.36. The number of aromatic nitrogens is 3. The number of hydrogen-bond donors (Lipinski definition) is 2. The molecule has 0 bridgehead atoms. The highest BCUT2D eigenvalue weighted by Gasteiger charge is 2.24. The predicted molar refractivity (Wildman–Crippen MR) is 133 cm³/mol. The van der Waals surface area contributed by atoms with Crippen molar-refractivity contribution in [2.45, 2.75) is 25.8 Å². The van der Waals surface area contributed by atoms with E-state index < -0.39 is 0 Å². The van der Waals surface area contributed by atoms with Crippen LogP contribution in [-0.2, 0) is 4.79 Å². The number of benzene rings is 2. The molecule has 7 heteroatoms. The highest BCUT2D eigenvalue weighted by Crippen LogP contribution is 2.31. The largest absolute Gasteiger partial charge is 0.457 e. The Hall–Kier alpha value is -4.31. The van der Waals surface area contributed by atoms with Crippen molar-refractivity contribution in [3.8, 4) is 34.6 Å². The summed E-state index contributed by atoms with van der Waals surface area (Å²) in [5.41, 5.74) is 3.58. The first kappa shape index (κ1) is 21.5. The highest BCUT2D eigenvalue weighted by atomic mass is 16.5. The number of anilines is 1. The van der Waals surface area contributed by atoms with Gasteiger partial charge < -0.3 is 19.9 Å². The van der Waals surface area contributed by atoms with Crippen LogP contribution in [0.25, 0.3) is 22.3 Å². The molecule has 2 aromatic heterocycles. The molecule has 2 N–H and O–H groups in total. The van der Waals surface area contributed by atoms with Gasteiger partial charge in [-0.15, -0.1) is 0 Å². The number of hydrogen-bond acceptors (Lipinski definition) is 5. The Morgan fingerprint density at radius 3 is 2.74 bits per heavy atom. The van der Waals surface area contributed by atoms with E-state index in [2.05, 4.69) is 32.0 Å². The molecule has 0 unspecified atom stereocenters. The maximum Gasteiger partial charge on any atom is 0.296 e. The lowest BCUT2D eigenvalue weighted by Crippen LogP contribution is -2.47. The summed E-state index contributed by atoms with van der Waals surface area (Å²) in [5, 5.41) is 3.01. The number of ether oxygens (including phenoxy) is 1. The van der Waals surface area contributed by atoms with E-state index in [0.717, 1.165) is 59.0 Å². The van der Waals surface area contributed by atoms with E-state index in [9.17, 15) is 4.79 Å². The normalized spacial score (nSPS) is 15.4. The SMILES string of the molecule is CC#CC(=O)N[C@H]1CCCN(c2nc(-c3ccc(Oc4ccccc4)cc3)cc3[nH]cnc23)C1. The van der Waals surface area contributed by atoms with Crippen LogP contribution in [-0.4, -0.2) is 40.0 Å². The van der Waals surface area contributed by atoms with Crippen molar-refractivity contribution < 1.29 is 9.53 Å². The molecule has 0 spiro atoms. The molecule has 0 aliphatic carbocycles. The fourth-order valence-electron chi connectivity index (χ4n) is 4.24. The monoisotopic (exact) mass is 451 g/mol. The number of amides is 1. The van der Waals surface area contributed by atoms with Crippen LogP contribution in [0, 0.1) is 11.8 Å². The quantitative estimate of drug-likeness (QED) is 0.436. The molecular weight excluding hydrogens is 426 g/mol. The fraction of sp³-hybridized carbons (Fsp3) is 0.222. The fourth-order valence-corrected chi connectivity index (χ4v) is 4.24. The predicted octanol–water partition coefficient (Wildman–Crippen LogP) is 4.53. The molecule has 1 saturated heterocycles. The van der Waals surface area contributed by atoms with Gasteiger partial charge in [0.1, 0.15) is 17.0 Å². The zero-order chi connectivity index (χ0) is 23.3. The molecular formula is C27H25N5O2. The Balaban J connectivity index is 1.40. The van der Waals surface area contributed by atoms with E-state index >= 15 is 0 Å². The third kappa shape index (κ3) is 4.71. The molecule has 5 rings (SSSR count). The zero-order valence-corrected chi connectivity index (χ0v) is 18.9. The van der Waals surface area contributed by atoms with E-state index in [1.54, 1.807) is 13.3 Å². The number of nitrogens with zero attached hydrogens (tertiary/aromatic N) is 3. The molecule has 0 radical (unpaired) electrons. The second kappa shape index (κ2) is 9.67. The average molecular weight is 452 g/mol. The van der Waals surface area contributed by atoms with Crippen molar-refractivity contribution >= 4 is 22.8 Å². The van der Waals surface area contributed by atoms with E-state index in [1.165, 1.54) is 0 Å². The van der Waals surface area contributed by atoms with Crippen molar-refractivity contribution in [2.75, 3.05) is 18.0 Å². The molecule has 1 aliphatic heterocycles. The summed E-state index contributed by atoms with van der Waals surface area (Å²) in [6.07, 6.45) is 3.56. The maximum atomic E-state index is 12.0. The van der Waals surface area contributed by atoms with Gasteiger partial charge in [0.15, 0.2) is 5.82 Å². The minimum absolute atomic E-state index is 0.0240. The molecule has 1 amide bonds. The Kier molecular flexibility index (Phi) is 6.13. The third-order valence-electron chi connectivity index (χ3n) is 5.81. The molecule has 1 atom stereocenters. The summed E-state index contributed by atoms with van der Waals surface area (Å²) < 4.78 is 5.92. The number of rotatable bonds is 5. The second-order valence-electron chi connectivity index (χ2n) is 8.20. The number of para-hydroxylation sites is 1. The minimum Gasteiger partial charge on any atom is -0.457 e. The van der Waals surface area contributed by atoms with Crippen molar-refractivity contribution in [1.82, 2.24) is 20.3 Å². The van der Waals surface area contributed by atoms with Crippen LogP contribution in [0.5, 0.6) is 11.5 Å². The summed E-state index contributed by atoms with van der Waals surface area (Å²) in [7, 11) is 0. The van der Waals surface area contributed by atoms with Crippen molar-refractivity contribution in [1.29, 1.82) is 0 Å². The van der Waals surface area contributed by atoms with E-state index in [1.807, 2.05) is 60.7 Å². The molecule has 1 fully saturated rings. The van der Waals surface area contributed by atoms with E-state index in [-0.39, 0.29) is 11.9 Å². The number of pyridine rings is 1. The van der Waals surface area contributed by atoms with Crippen LogP contribution >= 0.6 is 0 Å². The number of H-pyrrole nitrogens is 1. The number of imidazole rings is 1. The smallest absolute Gasteiger partial charge is 0.296 e. The van der Waals surface area contributed by atoms with Crippen molar-refractivity contribution in [2.24, 2.45) is 0 Å². The summed E-state index contributed by atoms with van der Waals surface area (Å²) in [6.45, 7) is 3.18. The number of fused-ring (bicyclic) bond motifs is 1. The molecule has 0 saturated carbocycles. The Morgan fingerprint density at radius 2 is 1.94 bits per heavy atom. The third-order valence-corrected chi connectivity index (χ3v) is 5.81. The minimum atomic E-state index is -0.237. The summed E-state index contributed by atoms with van der Waals surface area (Å²) >= 11 is 0. The molecule has 4 aromatic rings. The van der Waals surface area contributed by atoms with Gasteiger partial charge >= 0.3 is 0 Å². The summed E-state index contributed by atoms with van der Waals surface area (Å²) in [6, 6.07) is 19.7. The number of piperidine rings is 1. The molecule has 34 heavy (non-hydrogen) atoms. The average Bonchev–Trinajstić information content (AvgIpc) is 3.34. The number of carbonyl (C=O) groups is 1. The van der Waals surface area contributed by atoms with Crippen LogP contribution < -0.4 is 15.0 Å². The van der Waals surface area contributed by atoms with Crippen LogP contribution in [0.1, 0.15) is 19.8 Å². The zero-order valence-electron chi connectivity index (χ0n) is 18.9. The molecule has 2 aromatic carbocycles. The molecule has 1 aliphatic rings. The van der Waals surface area contributed by atoms with Gasteiger partial charge in [0, 0.05) is 24.7 Å². The Morgan fingerprint density at radius 1 is 1.15 bits per heavy atom. The van der Waals surface area contributed by atoms with Crippen LogP contribution in [0.15, 0.2) is 67.0 Å². The topological polar surface area (TPSA) is 83.1 Å². The van der Waals surface area contributed by atoms with Gasteiger partial charge in [-0.05, 0) is 68.2 Å². The van der Waals surface area contributed by atoms with Crippen LogP contribution in [0.3, 0.4) is 0 Å². The van der Waals surface area contributed by atoms with Gasteiger partial charge in [0.2, 0.25) is 0 Å². The standard InChI is InChI=1S/C27H25N5O2/c1-2-7-25(33)30-20-8-6-15-32(17-20)27-26-24(28-18-29-26)16-23(31-27)19-11-13-22(14-12-19)34-21-9-4-3-5-10-21/h3-5,9-14,16,18,20H,6,8,15,17H2,1H3,(H,28,29)(H,30,33)/t20-/m0/s1. The van der Waals surface area contributed by atoms with E-state index in [4.69, 9.17) is 9.72 Å². The first-order valence-corrected chi connectivity index (χ1v) is 11.4. The second-order valence-corrected chi connectivity index (χ2v) is 8.20. The van der Waals surface area contributed by atoms with Gasteiger partial charge in [0.05, 0.1) is 17.5 Å². The number of nitrogens with one attached hydrogen (secondary N) is 2. The first-order valence-electron chi connectivity index (χ1n) is 11.4. The van der Waals surface area contributed by atoms with Gasteiger partial charge in [0.25, 0.3) is 5.91 Å². The van der Waals surface area contributed by atoms with Gasteiger partial charge in [-0.3, -0.25) is 4.79 Å². The van der Waals surface area contributed by atoms with Crippen molar-refractivity contribution in [3.63, 3.8) is 0 Å². The first-order chi connectivity index (χ1) is 16.7.